The molecule has 1 unspecified atom stereocenters. The van der Waals surface area contributed by atoms with Crippen LogP contribution < -0.4 is 15.0 Å². The van der Waals surface area contributed by atoms with Crippen LogP contribution in [0.3, 0.4) is 0 Å². The molecule has 4 heterocycles. The molecule has 0 spiro atoms. The van der Waals surface area contributed by atoms with Crippen LogP contribution in [-0.4, -0.2) is 65.1 Å². The van der Waals surface area contributed by atoms with E-state index in [9.17, 15) is 4.79 Å². The van der Waals surface area contributed by atoms with Crippen molar-refractivity contribution in [2.45, 2.75) is 38.3 Å². The van der Waals surface area contributed by atoms with Crippen LogP contribution in [0, 0.1) is 5.92 Å². The normalized spacial score (nSPS) is 20.7. The van der Waals surface area contributed by atoms with Gasteiger partial charge < -0.3 is 15.0 Å². The summed E-state index contributed by atoms with van der Waals surface area (Å²) in [6, 6.07) is 8.05. The van der Waals surface area contributed by atoms with Gasteiger partial charge in [-0.3, -0.25) is 14.7 Å². The molecular weight excluding hydrogens is 380 g/mol. The second-order valence-corrected chi connectivity index (χ2v) is 7.99. The minimum atomic E-state index is 0.0576. The second-order valence-electron chi connectivity index (χ2n) is 7.99. The first-order valence-corrected chi connectivity index (χ1v) is 10.8. The Morgan fingerprint density at radius 1 is 1.13 bits per heavy atom. The van der Waals surface area contributed by atoms with Crippen molar-refractivity contribution >= 4 is 11.9 Å². The number of piperidine rings is 2. The van der Waals surface area contributed by atoms with Crippen LogP contribution in [0.5, 0.6) is 5.88 Å². The van der Waals surface area contributed by atoms with E-state index in [4.69, 9.17) is 4.74 Å². The minimum Gasteiger partial charge on any atom is -0.481 e. The molecule has 160 valence electrons. The summed E-state index contributed by atoms with van der Waals surface area (Å²) in [7, 11) is 1.62. The topological polar surface area (TPSA) is 83.5 Å². The molecule has 0 radical (unpaired) electrons. The summed E-state index contributed by atoms with van der Waals surface area (Å²) in [6.45, 7) is 4.25. The van der Waals surface area contributed by atoms with Crippen LogP contribution in [-0.2, 0) is 11.3 Å². The molecule has 2 aromatic heterocycles. The van der Waals surface area contributed by atoms with Gasteiger partial charge in [-0.2, -0.15) is 4.98 Å². The van der Waals surface area contributed by atoms with Crippen molar-refractivity contribution in [3.63, 3.8) is 0 Å². The molecule has 8 heteroatoms. The number of aromatic nitrogens is 3. The predicted molar refractivity (Wildman–Crippen MR) is 114 cm³/mol. The summed E-state index contributed by atoms with van der Waals surface area (Å²) < 4.78 is 5.22. The number of hydrogen-bond donors (Lipinski definition) is 1. The van der Waals surface area contributed by atoms with Gasteiger partial charge in [-0.1, -0.05) is 6.07 Å². The molecule has 2 saturated heterocycles. The lowest BCUT2D eigenvalue weighted by molar-refractivity contribution is -0.127. The molecular formula is C22H30N6O2. The van der Waals surface area contributed by atoms with Gasteiger partial charge in [0, 0.05) is 44.1 Å². The number of anilines is 1. The van der Waals surface area contributed by atoms with E-state index in [-0.39, 0.29) is 11.8 Å². The highest BCUT2D eigenvalue weighted by Gasteiger charge is 2.32. The highest BCUT2D eigenvalue weighted by atomic mass is 16.5. The van der Waals surface area contributed by atoms with E-state index < -0.39 is 0 Å². The highest BCUT2D eigenvalue weighted by molar-refractivity contribution is 5.78. The number of carbonyl (C=O) groups is 1. The highest BCUT2D eigenvalue weighted by Crippen LogP contribution is 2.25. The molecule has 0 saturated carbocycles. The minimum absolute atomic E-state index is 0.0576. The first-order chi connectivity index (χ1) is 14.7. The van der Waals surface area contributed by atoms with Crippen LogP contribution in [0.25, 0.3) is 0 Å². The molecule has 0 aromatic carbocycles. The van der Waals surface area contributed by atoms with Crippen molar-refractivity contribution in [3.05, 3.63) is 42.4 Å². The smallest absolute Gasteiger partial charge is 0.228 e. The van der Waals surface area contributed by atoms with Gasteiger partial charge in [-0.15, -0.1) is 0 Å². The van der Waals surface area contributed by atoms with E-state index in [1.807, 2.05) is 18.2 Å². The zero-order chi connectivity index (χ0) is 20.8. The molecule has 2 aliphatic rings. The summed E-state index contributed by atoms with van der Waals surface area (Å²) in [5.41, 5.74) is 0.894. The number of rotatable bonds is 6. The summed E-state index contributed by atoms with van der Waals surface area (Å²) in [5.74, 6) is 1.53. The summed E-state index contributed by atoms with van der Waals surface area (Å²) >= 11 is 0. The number of pyridine rings is 1. The second kappa shape index (κ2) is 9.84. The zero-order valence-electron chi connectivity index (χ0n) is 17.5. The number of nitrogens with one attached hydrogen (secondary N) is 1. The largest absolute Gasteiger partial charge is 0.481 e. The lowest BCUT2D eigenvalue weighted by Gasteiger charge is -2.42. The molecule has 4 rings (SSSR count). The Hall–Kier alpha value is -2.74. The summed E-state index contributed by atoms with van der Waals surface area (Å²) in [6.07, 6.45) is 7.65. The van der Waals surface area contributed by atoms with E-state index in [1.54, 1.807) is 25.6 Å². The Morgan fingerprint density at radius 2 is 2.00 bits per heavy atom. The zero-order valence-corrected chi connectivity index (χ0v) is 17.5. The van der Waals surface area contributed by atoms with Gasteiger partial charge in [-0.25, -0.2) is 4.98 Å². The third-order valence-corrected chi connectivity index (χ3v) is 6.08. The number of methoxy groups -OCH3 is 1. The molecule has 0 bridgehead atoms. The third-order valence-electron chi connectivity index (χ3n) is 6.08. The Labute approximate surface area is 177 Å². The fourth-order valence-corrected chi connectivity index (χ4v) is 4.41. The first-order valence-electron chi connectivity index (χ1n) is 10.8. The molecule has 2 aromatic rings. The molecule has 1 amide bonds. The number of amides is 1. The quantitative estimate of drug-likeness (QED) is 0.778. The molecule has 1 N–H and O–H groups in total. The number of likely N-dealkylation sites (tertiary alicyclic amines) is 1. The maximum atomic E-state index is 12.7. The lowest BCUT2D eigenvalue weighted by Crippen LogP contribution is -2.51. The third kappa shape index (κ3) is 5.05. The van der Waals surface area contributed by atoms with E-state index in [0.717, 1.165) is 63.5 Å². The van der Waals surface area contributed by atoms with Gasteiger partial charge in [0.25, 0.3) is 0 Å². The van der Waals surface area contributed by atoms with Gasteiger partial charge in [-0.05, 0) is 44.4 Å². The number of ether oxygens (including phenoxy) is 1. The standard InChI is InChI=1S/C22H30N6O2/c1-30-20-7-11-24-22(26-20)27-13-8-19(9-14-27)28-12-4-5-17(16-28)21(29)25-15-18-6-2-3-10-23-18/h2-3,6-7,10-11,17,19H,4-5,8-9,12-16H2,1H3,(H,25,29). The van der Waals surface area contributed by atoms with E-state index in [0.29, 0.717) is 18.5 Å². The Morgan fingerprint density at radius 3 is 2.77 bits per heavy atom. The van der Waals surface area contributed by atoms with E-state index >= 15 is 0 Å². The average Bonchev–Trinajstić information content (AvgIpc) is 2.83. The molecule has 1 atom stereocenters. The number of nitrogens with zero attached hydrogens (tertiary/aromatic N) is 5. The summed E-state index contributed by atoms with van der Waals surface area (Å²) in [5, 5.41) is 3.07. The van der Waals surface area contributed by atoms with Crippen molar-refractivity contribution in [1.29, 1.82) is 0 Å². The van der Waals surface area contributed by atoms with Crippen LogP contribution in [0.2, 0.25) is 0 Å². The van der Waals surface area contributed by atoms with Crippen molar-refractivity contribution in [2.24, 2.45) is 5.92 Å². The van der Waals surface area contributed by atoms with Crippen LogP contribution >= 0.6 is 0 Å². The SMILES string of the molecule is COc1ccnc(N2CCC(N3CCCC(C(=O)NCc4ccccn4)C3)CC2)n1. The van der Waals surface area contributed by atoms with Crippen LogP contribution in [0.1, 0.15) is 31.4 Å². The Bertz CT molecular complexity index is 825. The van der Waals surface area contributed by atoms with Crippen molar-refractivity contribution in [3.8, 4) is 5.88 Å². The lowest BCUT2D eigenvalue weighted by atomic mass is 9.93. The molecule has 2 fully saturated rings. The van der Waals surface area contributed by atoms with Gasteiger partial charge in [0.05, 0.1) is 25.3 Å². The molecule has 0 aliphatic carbocycles. The van der Waals surface area contributed by atoms with Crippen molar-refractivity contribution in [2.75, 3.05) is 38.2 Å². The van der Waals surface area contributed by atoms with Gasteiger partial charge in [0.2, 0.25) is 17.7 Å². The Kier molecular flexibility index (Phi) is 6.74. The van der Waals surface area contributed by atoms with Crippen LogP contribution in [0.4, 0.5) is 5.95 Å². The monoisotopic (exact) mass is 410 g/mol. The van der Waals surface area contributed by atoms with Gasteiger partial charge in [0.1, 0.15) is 0 Å². The van der Waals surface area contributed by atoms with Crippen LogP contribution in [0.15, 0.2) is 36.7 Å². The average molecular weight is 411 g/mol. The van der Waals surface area contributed by atoms with E-state index in [2.05, 4.69) is 30.1 Å². The van der Waals surface area contributed by atoms with Gasteiger partial charge >= 0.3 is 0 Å². The maximum Gasteiger partial charge on any atom is 0.228 e. The fraction of sp³-hybridized carbons (Fsp3) is 0.545. The van der Waals surface area contributed by atoms with E-state index in [1.165, 1.54) is 0 Å². The maximum absolute atomic E-state index is 12.7. The first kappa shape index (κ1) is 20.5. The van der Waals surface area contributed by atoms with Crippen molar-refractivity contribution < 1.29 is 9.53 Å². The molecule has 8 nitrogen and oxygen atoms in total. The predicted octanol–water partition coefficient (Wildman–Crippen LogP) is 1.88. The van der Waals surface area contributed by atoms with Gasteiger partial charge in [0.15, 0.2) is 0 Å². The van der Waals surface area contributed by atoms with Crippen molar-refractivity contribution in [1.82, 2.24) is 25.2 Å². The summed E-state index contributed by atoms with van der Waals surface area (Å²) in [4.78, 5) is 30.6. The Balaban J connectivity index is 1.27. The number of carbonyl (C=O) groups excluding carboxylic acids is 1. The number of hydrogen-bond acceptors (Lipinski definition) is 7. The fourth-order valence-electron chi connectivity index (χ4n) is 4.41. The molecule has 2 aliphatic heterocycles. The molecule has 30 heavy (non-hydrogen) atoms.